The number of unbranched alkanes of at least 4 members (excludes halogenated alkanes) is 3. The van der Waals surface area contributed by atoms with Gasteiger partial charge in [-0.3, -0.25) is 9.59 Å². The molecule has 0 radical (unpaired) electrons. The van der Waals surface area contributed by atoms with Gasteiger partial charge in [0.1, 0.15) is 11.5 Å². The summed E-state index contributed by atoms with van der Waals surface area (Å²) in [6.07, 6.45) is 4.06. The maximum absolute atomic E-state index is 13.2. The lowest BCUT2D eigenvalue weighted by Gasteiger charge is -2.14. The number of methoxy groups -OCH3 is 2. The molecule has 158 valence electrons. The van der Waals surface area contributed by atoms with E-state index in [-0.39, 0.29) is 11.3 Å². The second-order valence-electron chi connectivity index (χ2n) is 7.00. The van der Waals surface area contributed by atoms with E-state index in [4.69, 9.17) is 9.47 Å². The summed E-state index contributed by atoms with van der Waals surface area (Å²) in [5, 5.41) is 8.26. The number of nitrogens with zero attached hydrogens (tertiary/aromatic N) is 2. The zero-order valence-corrected chi connectivity index (χ0v) is 17.6. The number of carbonyl (C=O) groups is 1. The molecule has 1 aromatic heterocycles. The third-order valence-electron chi connectivity index (χ3n) is 4.96. The highest BCUT2D eigenvalue weighted by Crippen LogP contribution is 2.29. The first-order valence-electron chi connectivity index (χ1n) is 10.1. The molecule has 0 spiro atoms. The number of aromatic nitrogens is 2. The topological polar surface area (TPSA) is 82.5 Å². The lowest BCUT2D eigenvalue weighted by atomic mass is 10.1. The van der Waals surface area contributed by atoms with Crippen molar-refractivity contribution in [1.29, 1.82) is 0 Å². The molecule has 0 saturated heterocycles. The number of ether oxygens (including phenoxy) is 2. The van der Waals surface area contributed by atoms with Gasteiger partial charge in [0.15, 0.2) is 5.69 Å². The van der Waals surface area contributed by atoms with Crippen molar-refractivity contribution in [3.63, 3.8) is 0 Å². The zero-order valence-electron chi connectivity index (χ0n) is 17.6. The normalized spacial score (nSPS) is 10.8. The van der Waals surface area contributed by atoms with E-state index in [0.29, 0.717) is 34.5 Å². The van der Waals surface area contributed by atoms with Crippen LogP contribution in [0, 0.1) is 0 Å². The van der Waals surface area contributed by atoms with E-state index in [9.17, 15) is 9.59 Å². The fourth-order valence-electron chi connectivity index (χ4n) is 3.34. The van der Waals surface area contributed by atoms with Gasteiger partial charge in [-0.1, -0.05) is 44.4 Å². The molecule has 0 aliphatic carbocycles. The first kappa shape index (κ1) is 21.4. The molecular weight excluding hydrogens is 382 g/mol. The SMILES string of the molecule is CCCCCCn1nc(C(=O)Nc2cc(OC)ccc2OC)c2ccccc2c1=O. The van der Waals surface area contributed by atoms with Crippen LogP contribution in [0.2, 0.25) is 0 Å². The Morgan fingerprint density at radius 2 is 1.80 bits per heavy atom. The van der Waals surface area contributed by atoms with Gasteiger partial charge in [-0.15, -0.1) is 0 Å². The van der Waals surface area contributed by atoms with Crippen LogP contribution in [0.3, 0.4) is 0 Å². The number of rotatable bonds is 9. The van der Waals surface area contributed by atoms with E-state index in [1.807, 2.05) is 0 Å². The summed E-state index contributed by atoms with van der Waals surface area (Å²) in [4.78, 5) is 26.0. The molecule has 2 aromatic carbocycles. The van der Waals surface area contributed by atoms with Gasteiger partial charge in [0.25, 0.3) is 11.5 Å². The monoisotopic (exact) mass is 409 g/mol. The van der Waals surface area contributed by atoms with Gasteiger partial charge < -0.3 is 14.8 Å². The number of anilines is 1. The molecule has 0 aliphatic rings. The van der Waals surface area contributed by atoms with E-state index in [2.05, 4.69) is 17.3 Å². The zero-order chi connectivity index (χ0) is 21.5. The first-order chi connectivity index (χ1) is 14.6. The van der Waals surface area contributed by atoms with Crippen molar-refractivity contribution in [3.05, 3.63) is 58.5 Å². The predicted molar refractivity (Wildman–Crippen MR) is 118 cm³/mol. The van der Waals surface area contributed by atoms with Gasteiger partial charge in [0.05, 0.1) is 25.3 Å². The molecule has 1 amide bonds. The molecule has 3 rings (SSSR count). The molecule has 7 heteroatoms. The van der Waals surface area contributed by atoms with Gasteiger partial charge in [0, 0.05) is 18.0 Å². The van der Waals surface area contributed by atoms with Gasteiger partial charge in [0.2, 0.25) is 0 Å². The molecule has 0 bridgehead atoms. The third-order valence-corrected chi connectivity index (χ3v) is 4.96. The minimum Gasteiger partial charge on any atom is -0.497 e. The van der Waals surface area contributed by atoms with Gasteiger partial charge in [-0.25, -0.2) is 4.68 Å². The summed E-state index contributed by atoms with van der Waals surface area (Å²) >= 11 is 0. The van der Waals surface area contributed by atoms with Crippen molar-refractivity contribution < 1.29 is 14.3 Å². The van der Waals surface area contributed by atoms with E-state index < -0.39 is 5.91 Å². The van der Waals surface area contributed by atoms with Crippen molar-refractivity contribution in [3.8, 4) is 11.5 Å². The number of nitrogens with one attached hydrogen (secondary N) is 1. The van der Waals surface area contributed by atoms with Gasteiger partial charge in [-0.2, -0.15) is 5.10 Å². The molecule has 7 nitrogen and oxygen atoms in total. The van der Waals surface area contributed by atoms with E-state index in [0.717, 1.165) is 25.7 Å². The first-order valence-corrected chi connectivity index (χ1v) is 10.1. The van der Waals surface area contributed by atoms with E-state index in [1.54, 1.807) is 49.6 Å². The molecule has 1 heterocycles. The number of benzene rings is 2. The molecule has 3 aromatic rings. The highest BCUT2D eigenvalue weighted by molar-refractivity contribution is 6.11. The Bertz CT molecular complexity index is 1090. The second kappa shape index (κ2) is 9.91. The lowest BCUT2D eigenvalue weighted by Crippen LogP contribution is -2.28. The van der Waals surface area contributed by atoms with Gasteiger partial charge >= 0.3 is 0 Å². The Morgan fingerprint density at radius 3 is 2.50 bits per heavy atom. The second-order valence-corrected chi connectivity index (χ2v) is 7.00. The molecule has 1 N–H and O–H groups in total. The number of hydrogen-bond donors (Lipinski definition) is 1. The molecule has 0 aliphatic heterocycles. The fourth-order valence-corrected chi connectivity index (χ4v) is 3.34. The molecule has 0 atom stereocenters. The van der Waals surface area contributed by atoms with Gasteiger partial charge in [-0.05, 0) is 24.6 Å². The Labute approximate surface area is 175 Å². The highest BCUT2D eigenvalue weighted by Gasteiger charge is 2.18. The van der Waals surface area contributed by atoms with Crippen LogP contribution in [0.15, 0.2) is 47.3 Å². The maximum atomic E-state index is 13.2. The lowest BCUT2D eigenvalue weighted by molar-refractivity contribution is 0.102. The van der Waals surface area contributed by atoms with Crippen LogP contribution in [0.5, 0.6) is 11.5 Å². The molecule has 0 fully saturated rings. The van der Waals surface area contributed by atoms with Crippen molar-refractivity contribution >= 4 is 22.4 Å². The summed E-state index contributed by atoms with van der Waals surface area (Å²) in [7, 11) is 3.08. The van der Waals surface area contributed by atoms with Crippen molar-refractivity contribution in [2.75, 3.05) is 19.5 Å². The Kier molecular flexibility index (Phi) is 7.06. The third kappa shape index (κ3) is 4.62. The summed E-state index contributed by atoms with van der Waals surface area (Å²) in [5.74, 6) is 0.672. The van der Waals surface area contributed by atoms with Crippen LogP contribution in [-0.2, 0) is 6.54 Å². The fraction of sp³-hybridized carbons (Fsp3) is 0.348. The molecular formula is C23H27N3O4. The Balaban J connectivity index is 1.99. The van der Waals surface area contributed by atoms with Crippen LogP contribution in [0.25, 0.3) is 10.8 Å². The van der Waals surface area contributed by atoms with Crippen molar-refractivity contribution in [2.45, 2.75) is 39.2 Å². The minimum absolute atomic E-state index is 0.183. The predicted octanol–water partition coefficient (Wildman–Crippen LogP) is 4.25. The van der Waals surface area contributed by atoms with Crippen molar-refractivity contribution in [2.24, 2.45) is 0 Å². The standard InChI is InChI=1S/C23H27N3O4/c1-4-5-6-9-14-26-23(28)18-11-8-7-10-17(18)21(25-26)22(27)24-19-15-16(29-2)12-13-20(19)30-3/h7-8,10-13,15H,4-6,9,14H2,1-3H3,(H,24,27). The summed E-state index contributed by atoms with van der Waals surface area (Å²) in [6.45, 7) is 2.61. The van der Waals surface area contributed by atoms with E-state index >= 15 is 0 Å². The highest BCUT2D eigenvalue weighted by atomic mass is 16.5. The van der Waals surface area contributed by atoms with Crippen LogP contribution in [-0.4, -0.2) is 29.9 Å². The average molecular weight is 409 g/mol. The molecule has 0 unspecified atom stereocenters. The summed E-state index contributed by atoms with van der Waals surface area (Å²) in [5.41, 5.74) is 0.483. The number of carbonyl (C=O) groups excluding carboxylic acids is 1. The minimum atomic E-state index is -0.417. The quantitative estimate of drug-likeness (QED) is 0.534. The Morgan fingerprint density at radius 1 is 1.03 bits per heavy atom. The van der Waals surface area contributed by atoms with Crippen molar-refractivity contribution in [1.82, 2.24) is 9.78 Å². The van der Waals surface area contributed by atoms with E-state index in [1.165, 1.54) is 11.8 Å². The summed E-state index contributed by atoms with van der Waals surface area (Å²) in [6, 6.07) is 12.2. The largest absolute Gasteiger partial charge is 0.497 e. The molecule has 30 heavy (non-hydrogen) atoms. The number of fused-ring (bicyclic) bond motifs is 1. The Hall–Kier alpha value is -3.35. The molecule has 0 saturated carbocycles. The van der Waals surface area contributed by atoms with Crippen LogP contribution < -0.4 is 20.3 Å². The number of amides is 1. The summed E-state index contributed by atoms with van der Waals surface area (Å²) < 4.78 is 12.0. The van der Waals surface area contributed by atoms with Crippen LogP contribution in [0.1, 0.15) is 43.1 Å². The number of aryl methyl sites for hydroxylation is 1. The van der Waals surface area contributed by atoms with Crippen LogP contribution >= 0.6 is 0 Å². The smallest absolute Gasteiger partial charge is 0.276 e. The maximum Gasteiger partial charge on any atom is 0.276 e. The van der Waals surface area contributed by atoms with Crippen LogP contribution in [0.4, 0.5) is 5.69 Å². The number of hydrogen-bond acceptors (Lipinski definition) is 5. The average Bonchev–Trinajstić information content (AvgIpc) is 2.78.